The molecule has 1 heterocycles. The quantitative estimate of drug-likeness (QED) is 0.819. The van der Waals surface area contributed by atoms with Gasteiger partial charge in [0.05, 0.1) is 6.07 Å². The second-order valence-electron chi connectivity index (χ2n) is 4.97. The van der Waals surface area contributed by atoms with E-state index in [0.29, 0.717) is 31.7 Å². The molecule has 0 unspecified atom stereocenters. The molecule has 1 aliphatic rings. The van der Waals surface area contributed by atoms with Gasteiger partial charge in [-0.05, 0) is 30.7 Å². The van der Waals surface area contributed by atoms with Crippen molar-refractivity contribution in [3.8, 4) is 6.07 Å². The van der Waals surface area contributed by atoms with Crippen LogP contribution in [0.25, 0.3) is 0 Å². The van der Waals surface area contributed by atoms with Gasteiger partial charge in [0.1, 0.15) is 6.42 Å². The molecule has 0 saturated carbocycles. The van der Waals surface area contributed by atoms with Crippen molar-refractivity contribution in [1.29, 1.82) is 5.26 Å². The molecule has 6 heteroatoms. The lowest BCUT2D eigenvalue weighted by atomic mass is 10.1. The Morgan fingerprint density at radius 1 is 1.24 bits per heavy atom. The predicted octanol–water partition coefficient (Wildman–Crippen LogP) is 1.96. The highest BCUT2D eigenvalue weighted by atomic mass is 79.9. The van der Waals surface area contributed by atoms with Crippen LogP contribution in [0.2, 0.25) is 0 Å². The van der Waals surface area contributed by atoms with Gasteiger partial charge in [0.2, 0.25) is 5.91 Å². The van der Waals surface area contributed by atoms with Crippen LogP contribution in [0.3, 0.4) is 0 Å². The zero-order valence-electron chi connectivity index (χ0n) is 11.8. The third-order valence-electron chi connectivity index (χ3n) is 3.57. The van der Waals surface area contributed by atoms with Crippen molar-refractivity contribution in [2.75, 3.05) is 26.2 Å². The topological polar surface area (TPSA) is 64.4 Å². The maximum Gasteiger partial charge on any atom is 0.254 e. The second kappa shape index (κ2) is 6.72. The lowest BCUT2D eigenvalue weighted by Gasteiger charge is -2.34. The van der Waals surface area contributed by atoms with Crippen LogP contribution >= 0.6 is 15.9 Å². The number of hydrogen-bond acceptors (Lipinski definition) is 3. The fourth-order valence-corrected chi connectivity index (χ4v) is 2.85. The second-order valence-corrected chi connectivity index (χ2v) is 5.88. The molecular formula is C15H16BrN3O2. The summed E-state index contributed by atoms with van der Waals surface area (Å²) in [5.41, 5.74) is 1.62. The van der Waals surface area contributed by atoms with Crippen LogP contribution < -0.4 is 0 Å². The first-order valence-corrected chi connectivity index (χ1v) is 7.52. The summed E-state index contributed by atoms with van der Waals surface area (Å²) in [5.74, 6) is -0.170. The smallest absolute Gasteiger partial charge is 0.254 e. The number of aryl methyl sites for hydroxylation is 1. The van der Waals surface area contributed by atoms with E-state index in [1.165, 1.54) is 0 Å². The summed E-state index contributed by atoms with van der Waals surface area (Å²) in [6, 6.07) is 7.45. The summed E-state index contributed by atoms with van der Waals surface area (Å²) in [6.45, 7) is 3.89. The van der Waals surface area contributed by atoms with Crippen LogP contribution in [-0.2, 0) is 4.79 Å². The van der Waals surface area contributed by atoms with E-state index in [4.69, 9.17) is 5.26 Å². The Bertz CT molecular complexity index is 601. The van der Waals surface area contributed by atoms with Gasteiger partial charge in [0, 0.05) is 36.2 Å². The maximum absolute atomic E-state index is 12.5. The number of hydrogen-bond donors (Lipinski definition) is 0. The lowest BCUT2D eigenvalue weighted by Crippen LogP contribution is -2.50. The molecule has 0 aliphatic carbocycles. The SMILES string of the molecule is Cc1cc(Br)ccc1C(=O)N1CCN(C(=O)CC#N)CC1. The van der Waals surface area contributed by atoms with Crippen molar-refractivity contribution in [3.05, 3.63) is 33.8 Å². The van der Waals surface area contributed by atoms with Gasteiger partial charge in [-0.25, -0.2) is 0 Å². The molecule has 1 aromatic rings. The summed E-state index contributed by atoms with van der Waals surface area (Å²) in [7, 11) is 0. The van der Waals surface area contributed by atoms with Crippen molar-refractivity contribution in [2.45, 2.75) is 13.3 Å². The zero-order chi connectivity index (χ0) is 15.4. The van der Waals surface area contributed by atoms with E-state index in [1.54, 1.807) is 9.80 Å². The molecule has 0 atom stereocenters. The first kappa shape index (κ1) is 15.5. The number of halogens is 1. The standard InChI is InChI=1S/C15H16BrN3O2/c1-11-10-12(16)2-3-13(11)15(21)19-8-6-18(7-9-19)14(20)4-5-17/h2-3,10H,4,6-9H2,1H3. The Kier molecular flexibility index (Phi) is 4.97. The Morgan fingerprint density at radius 3 is 2.43 bits per heavy atom. The molecule has 5 nitrogen and oxygen atoms in total. The van der Waals surface area contributed by atoms with E-state index in [0.717, 1.165) is 10.0 Å². The number of benzene rings is 1. The molecule has 110 valence electrons. The van der Waals surface area contributed by atoms with E-state index in [9.17, 15) is 9.59 Å². The summed E-state index contributed by atoms with van der Waals surface area (Å²) in [5, 5.41) is 8.54. The van der Waals surface area contributed by atoms with E-state index >= 15 is 0 Å². The first-order valence-electron chi connectivity index (χ1n) is 6.73. The minimum Gasteiger partial charge on any atom is -0.338 e. The molecule has 0 bridgehead atoms. The average molecular weight is 350 g/mol. The number of nitrogens with zero attached hydrogens (tertiary/aromatic N) is 3. The number of rotatable bonds is 2. The Hall–Kier alpha value is -1.87. The normalized spacial score (nSPS) is 14.7. The summed E-state index contributed by atoms with van der Waals surface area (Å²) >= 11 is 3.38. The molecule has 0 N–H and O–H groups in total. The molecule has 0 aromatic heterocycles. The summed E-state index contributed by atoms with van der Waals surface area (Å²) in [4.78, 5) is 27.5. The fourth-order valence-electron chi connectivity index (χ4n) is 2.38. The van der Waals surface area contributed by atoms with Crippen LogP contribution in [0.1, 0.15) is 22.3 Å². The van der Waals surface area contributed by atoms with Crippen molar-refractivity contribution in [1.82, 2.24) is 9.80 Å². The van der Waals surface area contributed by atoms with Gasteiger partial charge < -0.3 is 9.80 Å². The van der Waals surface area contributed by atoms with Crippen LogP contribution in [-0.4, -0.2) is 47.8 Å². The molecule has 1 aliphatic heterocycles. The largest absolute Gasteiger partial charge is 0.338 e. The molecule has 2 rings (SSSR count). The third-order valence-corrected chi connectivity index (χ3v) is 4.06. The van der Waals surface area contributed by atoms with Gasteiger partial charge in [-0.2, -0.15) is 5.26 Å². The Balaban J connectivity index is 2.00. The molecule has 21 heavy (non-hydrogen) atoms. The number of carbonyl (C=O) groups excluding carboxylic acids is 2. The van der Waals surface area contributed by atoms with Crippen molar-refractivity contribution >= 4 is 27.7 Å². The van der Waals surface area contributed by atoms with Crippen LogP contribution in [0.15, 0.2) is 22.7 Å². The van der Waals surface area contributed by atoms with Gasteiger partial charge in [-0.3, -0.25) is 9.59 Å². The van der Waals surface area contributed by atoms with Crippen LogP contribution in [0.5, 0.6) is 0 Å². The average Bonchev–Trinajstić information content (AvgIpc) is 2.47. The molecule has 1 fully saturated rings. The van der Waals surface area contributed by atoms with Crippen molar-refractivity contribution in [3.63, 3.8) is 0 Å². The fraction of sp³-hybridized carbons (Fsp3) is 0.400. The molecular weight excluding hydrogens is 334 g/mol. The highest BCUT2D eigenvalue weighted by molar-refractivity contribution is 9.10. The molecule has 1 aromatic carbocycles. The number of piperazine rings is 1. The van der Waals surface area contributed by atoms with E-state index in [-0.39, 0.29) is 18.2 Å². The highest BCUT2D eigenvalue weighted by Gasteiger charge is 2.25. The zero-order valence-corrected chi connectivity index (χ0v) is 13.4. The molecule has 1 saturated heterocycles. The number of nitriles is 1. The predicted molar refractivity (Wildman–Crippen MR) is 81.6 cm³/mol. The minimum absolute atomic E-state index is 0.00705. The molecule has 2 amide bonds. The molecule has 0 spiro atoms. The van der Waals surface area contributed by atoms with E-state index in [2.05, 4.69) is 15.9 Å². The van der Waals surface area contributed by atoms with Gasteiger partial charge in [-0.1, -0.05) is 15.9 Å². The van der Waals surface area contributed by atoms with Gasteiger partial charge in [0.15, 0.2) is 0 Å². The minimum atomic E-state index is -0.163. The van der Waals surface area contributed by atoms with Gasteiger partial charge >= 0.3 is 0 Å². The third kappa shape index (κ3) is 3.61. The highest BCUT2D eigenvalue weighted by Crippen LogP contribution is 2.18. The van der Waals surface area contributed by atoms with E-state index in [1.807, 2.05) is 31.2 Å². The number of carbonyl (C=O) groups is 2. The van der Waals surface area contributed by atoms with Gasteiger partial charge in [-0.15, -0.1) is 0 Å². The van der Waals surface area contributed by atoms with Crippen molar-refractivity contribution in [2.24, 2.45) is 0 Å². The van der Waals surface area contributed by atoms with Gasteiger partial charge in [0.25, 0.3) is 5.91 Å². The van der Waals surface area contributed by atoms with E-state index < -0.39 is 0 Å². The van der Waals surface area contributed by atoms with Crippen molar-refractivity contribution < 1.29 is 9.59 Å². The Morgan fingerprint density at radius 2 is 1.86 bits per heavy atom. The number of amides is 2. The molecule has 0 radical (unpaired) electrons. The lowest BCUT2D eigenvalue weighted by molar-refractivity contribution is -0.131. The summed E-state index contributed by atoms with van der Waals surface area (Å²) in [6.07, 6.45) is -0.0975. The first-order chi connectivity index (χ1) is 10.0. The maximum atomic E-state index is 12.5. The monoisotopic (exact) mass is 349 g/mol. The Labute approximate surface area is 132 Å². The summed E-state index contributed by atoms with van der Waals surface area (Å²) < 4.78 is 0.948. The van der Waals surface area contributed by atoms with Crippen LogP contribution in [0, 0.1) is 18.3 Å². The van der Waals surface area contributed by atoms with Crippen LogP contribution in [0.4, 0.5) is 0 Å².